The maximum atomic E-state index is 12.0. The first-order valence-electron chi connectivity index (χ1n) is 5.26. The van der Waals surface area contributed by atoms with E-state index in [1.54, 1.807) is 0 Å². The van der Waals surface area contributed by atoms with E-state index < -0.39 is 6.04 Å². The topological polar surface area (TPSA) is 96.0 Å². The first kappa shape index (κ1) is 11.3. The highest BCUT2D eigenvalue weighted by atomic mass is 16.2. The maximum absolute atomic E-state index is 12.0. The lowest BCUT2D eigenvalue weighted by atomic mass is 9.91. The summed E-state index contributed by atoms with van der Waals surface area (Å²) in [4.78, 5) is 23.8. The molecule has 0 spiro atoms. The molecule has 0 saturated carbocycles. The molecule has 2 rings (SSSR count). The lowest BCUT2D eigenvalue weighted by Crippen LogP contribution is -2.47. The highest BCUT2D eigenvalue weighted by Gasteiger charge is 2.31. The predicted molar refractivity (Wildman–Crippen MR) is 60.4 cm³/mol. The molecule has 5 nitrogen and oxygen atoms in total. The molecule has 0 bridgehead atoms. The van der Waals surface area contributed by atoms with E-state index in [9.17, 15) is 9.59 Å². The summed E-state index contributed by atoms with van der Waals surface area (Å²) in [5.74, 6) is -0.468. The van der Waals surface area contributed by atoms with Gasteiger partial charge in [-0.1, -0.05) is 0 Å². The fourth-order valence-corrected chi connectivity index (χ4v) is 1.88. The van der Waals surface area contributed by atoms with E-state index in [1.807, 2.05) is 6.07 Å². The lowest BCUT2D eigenvalue weighted by Gasteiger charge is -2.23. The fraction of sp³-hybridized carbons (Fsp3) is 0.250. The molecule has 0 aromatic heterocycles. The summed E-state index contributed by atoms with van der Waals surface area (Å²) in [6.07, 6.45) is 0.421. The van der Waals surface area contributed by atoms with Gasteiger partial charge in [-0.3, -0.25) is 9.59 Å². The number of nitrogens with two attached hydrogens (primary N) is 1. The first-order chi connectivity index (χ1) is 8.17. The van der Waals surface area contributed by atoms with Crippen molar-refractivity contribution in [3.63, 3.8) is 0 Å². The van der Waals surface area contributed by atoms with Crippen LogP contribution in [0.2, 0.25) is 0 Å². The summed E-state index contributed by atoms with van der Waals surface area (Å²) in [6.45, 7) is 0.336. The number of ketones is 1. The average Bonchev–Trinajstić information content (AvgIpc) is 2.35. The molecular formula is C12H11N3O2. The smallest absolute Gasteiger partial charge is 0.252 e. The van der Waals surface area contributed by atoms with Crippen LogP contribution < -0.4 is 11.1 Å². The average molecular weight is 229 g/mol. The standard InChI is InChI=1S/C12H11N3O2/c13-4-3-10-11(16)8-2-1-7(6-14)5-9(8)12(17)15-10/h1-2,5,10H,3-4,13H2,(H,15,17)/t10-/m0/s1. The van der Waals surface area contributed by atoms with Crippen molar-refractivity contribution in [3.8, 4) is 6.07 Å². The largest absolute Gasteiger partial charge is 0.342 e. The fourth-order valence-electron chi connectivity index (χ4n) is 1.88. The molecule has 1 aromatic rings. The Bertz CT molecular complexity index is 531. The van der Waals surface area contributed by atoms with Crippen LogP contribution in [0.4, 0.5) is 0 Å². The number of rotatable bonds is 2. The molecule has 0 fully saturated rings. The normalized spacial score (nSPS) is 18.2. The van der Waals surface area contributed by atoms with Gasteiger partial charge in [0.15, 0.2) is 5.78 Å². The van der Waals surface area contributed by atoms with E-state index in [0.29, 0.717) is 24.1 Å². The van der Waals surface area contributed by atoms with Gasteiger partial charge >= 0.3 is 0 Å². The number of nitrogens with one attached hydrogen (secondary N) is 1. The van der Waals surface area contributed by atoms with Crippen molar-refractivity contribution in [2.75, 3.05) is 6.54 Å². The Morgan fingerprint density at radius 3 is 2.76 bits per heavy atom. The zero-order valence-corrected chi connectivity index (χ0v) is 9.06. The molecule has 17 heavy (non-hydrogen) atoms. The van der Waals surface area contributed by atoms with Gasteiger partial charge in [-0.15, -0.1) is 0 Å². The molecule has 1 aliphatic rings. The molecule has 0 saturated heterocycles. The van der Waals surface area contributed by atoms with Gasteiger partial charge in [-0.2, -0.15) is 5.26 Å². The van der Waals surface area contributed by atoms with Gasteiger partial charge < -0.3 is 11.1 Å². The van der Waals surface area contributed by atoms with Crippen LogP contribution in [0.3, 0.4) is 0 Å². The zero-order valence-electron chi connectivity index (χ0n) is 9.06. The molecule has 1 amide bonds. The van der Waals surface area contributed by atoms with Crippen LogP contribution in [-0.4, -0.2) is 24.3 Å². The number of hydrogen-bond donors (Lipinski definition) is 2. The summed E-state index contributed by atoms with van der Waals surface area (Å²) in [6, 6.07) is 5.88. The van der Waals surface area contributed by atoms with Crippen molar-refractivity contribution < 1.29 is 9.59 Å². The van der Waals surface area contributed by atoms with Crippen LogP contribution in [0.5, 0.6) is 0 Å². The Labute approximate surface area is 98.2 Å². The summed E-state index contributed by atoms with van der Waals surface area (Å²) < 4.78 is 0. The van der Waals surface area contributed by atoms with Gasteiger partial charge in [0.2, 0.25) is 0 Å². The van der Waals surface area contributed by atoms with Crippen molar-refractivity contribution in [2.45, 2.75) is 12.5 Å². The van der Waals surface area contributed by atoms with Crippen LogP contribution >= 0.6 is 0 Å². The van der Waals surface area contributed by atoms with Gasteiger partial charge in [0, 0.05) is 5.56 Å². The Morgan fingerprint density at radius 2 is 2.12 bits per heavy atom. The third-order valence-corrected chi connectivity index (χ3v) is 2.74. The van der Waals surface area contributed by atoms with Gasteiger partial charge in [0.25, 0.3) is 5.91 Å². The summed E-state index contributed by atoms with van der Waals surface area (Å²) in [7, 11) is 0. The predicted octanol–water partition coefficient (Wildman–Crippen LogP) is 0.202. The molecule has 1 atom stereocenters. The molecule has 5 heteroatoms. The SMILES string of the molecule is N#Cc1ccc2c(c1)C(=O)N[C@@H](CCN)C2=O. The Kier molecular flexibility index (Phi) is 2.90. The second-order valence-electron chi connectivity index (χ2n) is 3.84. The van der Waals surface area contributed by atoms with Crippen molar-refractivity contribution in [3.05, 3.63) is 34.9 Å². The number of carbonyl (C=O) groups excluding carboxylic acids is 2. The van der Waals surface area contributed by atoms with E-state index in [0.717, 1.165) is 0 Å². The van der Waals surface area contributed by atoms with Gasteiger partial charge in [0.1, 0.15) is 0 Å². The molecule has 1 heterocycles. The minimum atomic E-state index is -0.548. The number of nitrogens with zero attached hydrogens (tertiary/aromatic N) is 1. The minimum absolute atomic E-state index is 0.144. The maximum Gasteiger partial charge on any atom is 0.252 e. The highest BCUT2D eigenvalue weighted by Crippen LogP contribution is 2.19. The number of amides is 1. The molecule has 0 unspecified atom stereocenters. The van der Waals surface area contributed by atoms with Crippen LogP contribution in [-0.2, 0) is 0 Å². The molecule has 1 aliphatic heterocycles. The highest BCUT2D eigenvalue weighted by molar-refractivity contribution is 6.15. The summed E-state index contributed by atoms with van der Waals surface area (Å²) in [5.41, 5.74) is 6.38. The van der Waals surface area contributed by atoms with Crippen LogP contribution in [0.1, 0.15) is 32.7 Å². The molecule has 86 valence electrons. The van der Waals surface area contributed by atoms with Crippen molar-refractivity contribution in [2.24, 2.45) is 5.73 Å². The van der Waals surface area contributed by atoms with Crippen LogP contribution in [0.15, 0.2) is 18.2 Å². The zero-order chi connectivity index (χ0) is 12.4. The number of fused-ring (bicyclic) bond motifs is 1. The van der Waals surface area contributed by atoms with E-state index in [-0.39, 0.29) is 17.3 Å². The van der Waals surface area contributed by atoms with Gasteiger partial charge in [0.05, 0.1) is 23.2 Å². The summed E-state index contributed by atoms with van der Waals surface area (Å²) >= 11 is 0. The Morgan fingerprint density at radius 1 is 1.35 bits per heavy atom. The number of benzene rings is 1. The van der Waals surface area contributed by atoms with Crippen molar-refractivity contribution in [1.29, 1.82) is 5.26 Å². The van der Waals surface area contributed by atoms with Gasteiger partial charge in [-0.25, -0.2) is 0 Å². The number of Topliss-reactive ketones (excluding diaryl/α,β-unsaturated/α-hetero) is 1. The summed E-state index contributed by atoms with van der Waals surface area (Å²) in [5, 5.41) is 11.3. The minimum Gasteiger partial charge on any atom is -0.342 e. The number of nitriles is 1. The lowest BCUT2D eigenvalue weighted by molar-refractivity contribution is 0.0824. The second-order valence-corrected chi connectivity index (χ2v) is 3.84. The van der Waals surface area contributed by atoms with Crippen molar-refractivity contribution >= 4 is 11.7 Å². The first-order valence-corrected chi connectivity index (χ1v) is 5.26. The quantitative estimate of drug-likeness (QED) is 0.757. The van der Waals surface area contributed by atoms with E-state index in [4.69, 9.17) is 11.0 Å². The number of carbonyl (C=O) groups is 2. The van der Waals surface area contributed by atoms with E-state index >= 15 is 0 Å². The molecular weight excluding hydrogens is 218 g/mol. The second kappa shape index (κ2) is 4.36. The van der Waals surface area contributed by atoms with Gasteiger partial charge in [-0.05, 0) is 31.2 Å². The third kappa shape index (κ3) is 1.90. The molecule has 0 radical (unpaired) electrons. The molecule has 1 aromatic carbocycles. The third-order valence-electron chi connectivity index (χ3n) is 2.74. The molecule has 0 aliphatic carbocycles. The Balaban J connectivity index is 2.45. The van der Waals surface area contributed by atoms with Crippen LogP contribution in [0.25, 0.3) is 0 Å². The monoisotopic (exact) mass is 229 g/mol. The van der Waals surface area contributed by atoms with Crippen LogP contribution in [0, 0.1) is 11.3 Å². The van der Waals surface area contributed by atoms with E-state index in [1.165, 1.54) is 18.2 Å². The molecule has 3 N–H and O–H groups in total. The Hall–Kier alpha value is -2.19. The van der Waals surface area contributed by atoms with E-state index in [2.05, 4.69) is 5.32 Å². The van der Waals surface area contributed by atoms with Crippen molar-refractivity contribution in [1.82, 2.24) is 5.32 Å². The number of hydrogen-bond acceptors (Lipinski definition) is 4.